The van der Waals surface area contributed by atoms with Gasteiger partial charge in [0.05, 0.1) is 0 Å². The van der Waals surface area contributed by atoms with Gasteiger partial charge in [0, 0.05) is 0 Å². The molecule has 0 atom stereocenters. The summed E-state index contributed by atoms with van der Waals surface area (Å²) in [5.74, 6) is 0.803. The molecule has 2 aromatic carbocycles. The zero-order valence-corrected chi connectivity index (χ0v) is 15.1. The number of rotatable bonds is 4. The molecule has 1 aliphatic rings. The maximum atomic E-state index is 6.06. The second kappa shape index (κ2) is 7.48. The van der Waals surface area contributed by atoms with Crippen molar-refractivity contribution < 1.29 is 17.0 Å². The van der Waals surface area contributed by atoms with Gasteiger partial charge in [-0.1, -0.05) is 0 Å². The summed E-state index contributed by atoms with van der Waals surface area (Å²) < 4.78 is 1.29. The standard InChI is InChI=1S/C20H24N2.V/c1-16-7-8-19(14-20(16)21)15-22-11-9-18(10-12-22)13-17-5-3-2-4-6-17;/h2-8,14,18H,9-13,21H2,1H3;. The maximum absolute atomic E-state index is 6.06. The second-order valence-corrected chi connectivity index (χ2v) is 7.18. The van der Waals surface area contributed by atoms with Crippen LogP contribution in [0.25, 0.3) is 0 Å². The van der Waals surface area contributed by atoms with E-state index in [-0.39, 0.29) is 0 Å². The van der Waals surface area contributed by atoms with Crippen molar-refractivity contribution in [2.75, 3.05) is 18.8 Å². The van der Waals surface area contributed by atoms with E-state index in [4.69, 9.17) is 5.73 Å². The molecule has 0 aliphatic carbocycles. The van der Waals surface area contributed by atoms with Crippen molar-refractivity contribution in [3.63, 3.8) is 0 Å². The molecule has 23 heavy (non-hydrogen) atoms. The summed E-state index contributed by atoms with van der Waals surface area (Å²) in [7, 11) is 0. The molecule has 3 rings (SSSR count). The monoisotopic (exact) mass is 343 g/mol. The molecule has 0 radical (unpaired) electrons. The molecule has 2 N–H and O–H groups in total. The number of nitrogens with zero attached hydrogens (tertiary/aromatic N) is 1. The van der Waals surface area contributed by atoms with Crippen LogP contribution in [-0.2, 0) is 23.4 Å². The minimum absolute atomic E-state index is 0.803. The van der Waals surface area contributed by atoms with Crippen LogP contribution in [0.15, 0.2) is 48.5 Å². The van der Waals surface area contributed by atoms with Crippen molar-refractivity contribution in [3.8, 4) is 0 Å². The first-order chi connectivity index (χ1) is 11.1. The van der Waals surface area contributed by atoms with Crippen LogP contribution < -0.4 is 5.73 Å². The number of anilines is 1. The van der Waals surface area contributed by atoms with E-state index in [0.29, 0.717) is 0 Å². The van der Waals surface area contributed by atoms with Gasteiger partial charge >= 0.3 is 148 Å². The van der Waals surface area contributed by atoms with Gasteiger partial charge in [0.25, 0.3) is 0 Å². The van der Waals surface area contributed by atoms with Gasteiger partial charge < -0.3 is 0 Å². The van der Waals surface area contributed by atoms with Gasteiger partial charge in [-0.2, -0.15) is 0 Å². The molecule has 2 nitrogen and oxygen atoms in total. The molecule has 0 saturated carbocycles. The number of hydrogen-bond donors (Lipinski definition) is 1. The average molecular weight is 343 g/mol. The summed E-state index contributed by atoms with van der Waals surface area (Å²) in [5.41, 5.74) is 10.8. The first-order valence-electron chi connectivity index (χ1n) is 8.35. The Hall–Kier alpha value is -1.35. The predicted octanol–water partition coefficient (Wildman–Crippen LogP) is 3.56. The Balaban J connectivity index is 1.58. The average Bonchev–Trinajstić information content (AvgIpc) is 2.58. The Kier molecular flexibility index (Phi) is 5.37. The third kappa shape index (κ3) is 4.14. The molecule has 0 aromatic heterocycles. The zero-order chi connectivity index (χ0) is 16.2. The summed E-state index contributed by atoms with van der Waals surface area (Å²) in [6.45, 7) is 4.32. The summed E-state index contributed by atoms with van der Waals surface area (Å²) in [5, 5.41) is 0. The van der Waals surface area contributed by atoms with Crippen LogP contribution in [0.4, 0.5) is 5.69 Å². The molecule has 119 valence electrons. The fourth-order valence-electron chi connectivity index (χ4n) is 3.26. The van der Waals surface area contributed by atoms with E-state index in [1.807, 2.05) is 0 Å². The predicted molar refractivity (Wildman–Crippen MR) is 94.1 cm³/mol. The molecule has 1 heterocycles. The first kappa shape index (κ1) is 16.5. The summed E-state index contributed by atoms with van der Waals surface area (Å²) >= 11 is 2.74. The van der Waals surface area contributed by atoms with Gasteiger partial charge in [0.2, 0.25) is 0 Å². The summed E-state index contributed by atoms with van der Waals surface area (Å²) in [6.07, 6.45) is 3.73. The third-order valence-corrected chi connectivity index (χ3v) is 5.66. The number of likely N-dealkylation sites (tertiary alicyclic amines) is 1. The molecule has 1 saturated heterocycles. The van der Waals surface area contributed by atoms with Crippen LogP contribution >= 0.6 is 0 Å². The van der Waals surface area contributed by atoms with E-state index < -0.39 is 0 Å². The molecule has 0 spiro atoms. The van der Waals surface area contributed by atoms with Crippen LogP contribution in [0.5, 0.6) is 0 Å². The van der Waals surface area contributed by atoms with E-state index in [1.54, 1.807) is 0 Å². The Morgan fingerprint density at radius 3 is 2.48 bits per heavy atom. The Bertz CT molecular complexity index is 673. The molecule has 0 unspecified atom stereocenters. The fourth-order valence-corrected chi connectivity index (χ4v) is 3.79. The Morgan fingerprint density at radius 1 is 1.13 bits per heavy atom. The van der Waals surface area contributed by atoms with E-state index >= 15 is 0 Å². The zero-order valence-electron chi connectivity index (χ0n) is 13.7. The molecule has 2 aromatic rings. The van der Waals surface area contributed by atoms with Crippen LogP contribution in [0, 0.1) is 12.8 Å². The summed E-state index contributed by atoms with van der Waals surface area (Å²) in [6, 6.07) is 17.2. The van der Waals surface area contributed by atoms with Crippen LogP contribution in [0.3, 0.4) is 0 Å². The number of hydrogen-bond acceptors (Lipinski definition) is 2. The first-order valence-corrected chi connectivity index (χ1v) is 9.04. The van der Waals surface area contributed by atoms with Crippen molar-refractivity contribution in [2.45, 2.75) is 26.2 Å². The van der Waals surface area contributed by atoms with Gasteiger partial charge in [0.1, 0.15) is 0 Å². The van der Waals surface area contributed by atoms with Gasteiger partial charge in [-0.15, -0.1) is 0 Å². The van der Waals surface area contributed by atoms with Crippen LogP contribution in [-0.4, -0.2) is 22.3 Å². The molecule has 1 fully saturated rings. The Morgan fingerprint density at radius 2 is 1.83 bits per heavy atom. The molecule has 0 bridgehead atoms. The number of benzene rings is 2. The van der Waals surface area contributed by atoms with E-state index in [1.165, 1.54) is 34.7 Å². The molecule has 0 amide bonds. The topological polar surface area (TPSA) is 29.3 Å². The SMILES string of the molecule is Cc1ccc([C](=[V])N2CCC(Cc3ccccc3)CC2)cc1N. The van der Waals surface area contributed by atoms with E-state index in [9.17, 15) is 0 Å². The normalized spacial score (nSPS) is 16.3. The van der Waals surface area contributed by atoms with Crippen molar-refractivity contribution in [1.29, 1.82) is 0 Å². The van der Waals surface area contributed by atoms with Gasteiger partial charge in [0.15, 0.2) is 0 Å². The number of nitrogens with two attached hydrogens (primary N) is 1. The van der Waals surface area contributed by atoms with E-state index in [0.717, 1.165) is 30.3 Å². The molecule has 3 heteroatoms. The van der Waals surface area contributed by atoms with E-state index in [2.05, 4.69) is 77.3 Å². The Labute approximate surface area is 148 Å². The van der Waals surface area contributed by atoms with Gasteiger partial charge in [-0.05, 0) is 0 Å². The van der Waals surface area contributed by atoms with Crippen molar-refractivity contribution in [3.05, 3.63) is 65.2 Å². The van der Waals surface area contributed by atoms with Crippen LogP contribution in [0.2, 0.25) is 0 Å². The fraction of sp³-hybridized carbons (Fsp3) is 0.350. The van der Waals surface area contributed by atoms with Crippen LogP contribution in [0.1, 0.15) is 29.5 Å². The van der Waals surface area contributed by atoms with Crippen molar-refractivity contribution >= 4 is 10.0 Å². The van der Waals surface area contributed by atoms with Gasteiger partial charge in [-0.25, -0.2) is 0 Å². The number of nitrogen functional groups attached to an aromatic ring is 1. The molecule has 1 aliphatic heterocycles. The number of aryl methyl sites for hydroxylation is 1. The summed E-state index contributed by atoms with van der Waals surface area (Å²) in [4.78, 5) is 2.49. The number of piperidine rings is 1. The molecular formula is C20H24N2V. The van der Waals surface area contributed by atoms with Gasteiger partial charge in [-0.3, -0.25) is 0 Å². The second-order valence-electron chi connectivity index (χ2n) is 6.52. The van der Waals surface area contributed by atoms with Crippen molar-refractivity contribution in [1.82, 2.24) is 4.90 Å². The molecular weight excluding hydrogens is 319 g/mol. The van der Waals surface area contributed by atoms with Crippen molar-refractivity contribution in [2.24, 2.45) is 5.92 Å². The minimum atomic E-state index is 0.803. The third-order valence-electron chi connectivity index (χ3n) is 4.82. The quantitative estimate of drug-likeness (QED) is 0.860.